The lowest BCUT2D eigenvalue weighted by Gasteiger charge is -2.13. The summed E-state index contributed by atoms with van der Waals surface area (Å²) >= 11 is 0. The van der Waals surface area contributed by atoms with E-state index in [9.17, 15) is 4.79 Å². The summed E-state index contributed by atoms with van der Waals surface area (Å²) in [5, 5.41) is 0. The highest BCUT2D eigenvalue weighted by molar-refractivity contribution is 5.93. The van der Waals surface area contributed by atoms with Crippen molar-refractivity contribution in [2.45, 2.75) is 20.0 Å². The highest BCUT2D eigenvalue weighted by Gasteiger charge is 2.31. The number of rotatable bonds is 0. The fourth-order valence-electron chi connectivity index (χ4n) is 1.63. The lowest BCUT2D eigenvalue weighted by atomic mass is 9.95. The summed E-state index contributed by atoms with van der Waals surface area (Å²) < 4.78 is 5.11. The molecule has 0 aromatic carbocycles. The molecule has 1 atom stereocenters. The second-order valence-electron chi connectivity index (χ2n) is 3.10. The van der Waals surface area contributed by atoms with Crippen LogP contribution in [0.5, 0.6) is 0 Å². The zero-order valence-electron chi connectivity index (χ0n) is 7.13. The van der Waals surface area contributed by atoms with Gasteiger partial charge in [-0.15, -0.1) is 0 Å². The minimum atomic E-state index is -0.186. The Morgan fingerprint density at radius 1 is 1.42 bits per heavy atom. The predicted molar refractivity (Wildman–Crippen MR) is 45.5 cm³/mol. The average molecular weight is 162 g/mol. The van der Waals surface area contributed by atoms with Gasteiger partial charge in [0.25, 0.3) is 0 Å². The number of fused-ring (bicyclic) bond motifs is 1. The zero-order chi connectivity index (χ0) is 8.72. The highest BCUT2D eigenvalue weighted by Crippen LogP contribution is 2.31. The Labute approximate surface area is 71.2 Å². The van der Waals surface area contributed by atoms with Crippen molar-refractivity contribution in [3.8, 4) is 0 Å². The molecular weight excluding hydrogens is 152 g/mol. The second kappa shape index (κ2) is 2.34. The molecule has 62 valence electrons. The Morgan fingerprint density at radius 2 is 2.17 bits per heavy atom. The summed E-state index contributed by atoms with van der Waals surface area (Å²) in [5.41, 5.74) is 2.92. The van der Waals surface area contributed by atoms with Crippen LogP contribution < -0.4 is 0 Å². The molecule has 0 aromatic rings. The normalized spacial score (nSPS) is 27.0. The first-order chi connectivity index (χ1) is 5.70. The van der Waals surface area contributed by atoms with Crippen LogP contribution in [0.2, 0.25) is 0 Å². The summed E-state index contributed by atoms with van der Waals surface area (Å²) in [7, 11) is 0. The molecule has 1 aliphatic heterocycles. The zero-order valence-corrected chi connectivity index (χ0v) is 7.13. The predicted octanol–water partition coefficient (Wildman–Crippen LogP) is 1.74. The second-order valence-corrected chi connectivity index (χ2v) is 3.10. The summed E-state index contributed by atoms with van der Waals surface area (Å²) in [6.45, 7) is 3.81. The molecule has 0 bridgehead atoms. The molecule has 0 amide bonds. The first kappa shape index (κ1) is 7.35. The van der Waals surface area contributed by atoms with Crippen molar-refractivity contribution < 1.29 is 9.53 Å². The Hall–Kier alpha value is -1.31. The lowest BCUT2D eigenvalue weighted by Crippen LogP contribution is -2.10. The SMILES string of the molecule is CC1=CC=CC2OC(=O)C(C)=C12. The summed E-state index contributed by atoms with van der Waals surface area (Å²) in [6, 6.07) is 0. The van der Waals surface area contributed by atoms with E-state index < -0.39 is 0 Å². The Morgan fingerprint density at radius 3 is 2.83 bits per heavy atom. The topological polar surface area (TPSA) is 26.3 Å². The minimum Gasteiger partial charge on any atom is -0.450 e. The van der Waals surface area contributed by atoms with Crippen molar-refractivity contribution in [1.29, 1.82) is 0 Å². The molecule has 2 heteroatoms. The van der Waals surface area contributed by atoms with Gasteiger partial charge in [-0.3, -0.25) is 0 Å². The van der Waals surface area contributed by atoms with Gasteiger partial charge in [0.2, 0.25) is 0 Å². The maximum Gasteiger partial charge on any atom is 0.335 e. The number of carbonyl (C=O) groups is 1. The maximum absolute atomic E-state index is 11.1. The van der Waals surface area contributed by atoms with Crippen molar-refractivity contribution >= 4 is 5.97 Å². The van der Waals surface area contributed by atoms with E-state index in [4.69, 9.17) is 4.74 Å². The van der Waals surface area contributed by atoms with Gasteiger partial charge in [0, 0.05) is 11.1 Å². The van der Waals surface area contributed by atoms with Gasteiger partial charge in [-0.1, -0.05) is 12.2 Å². The van der Waals surface area contributed by atoms with Crippen LogP contribution >= 0.6 is 0 Å². The summed E-state index contributed by atoms with van der Waals surface area (Å²) in [6.07, 6.45) is 5.70. The van der Waals surface area contributed by atoms with Crippen LogP contribution in [0.4, 0.5) is 0 Å². The van der Waals surface area contributed by atoms with Crippen LogP contribution in [0.25, 0.3) is 0 Å². The number of ether oxygens (including phenoxy) is 1. The van der Waals surface area contributed by atoms with Crippen LogP contribution in [-0.2, 0) is 9.53 Å². The Balaban J connectivity index is 2.53. The molecule has 0 radical (unpaired) electrons. The van der Waals surface area contributed by atoms with Crippen molar-refractivity contribution in [3.05, 3.63) is 34.9 Å². The third kappa shape index (κ3) is 0.843. The van der Waals surface area contributed by atoms with E-state index in [2.05, 4.69) is 0 Å². The average Bonchev–Trinajstić information content (AvgIpc) is 2.29. The van der Waals surface area contributed by atoms with E-state index in [0.717, 1.165) is 16.7 Å². The number of esters is 1. The fraction of sp³-hybridized carbons (Fsp3) is 0.300. The largest absolute Gasteiger partial charge is 0.450 e. The van der Waals surface area contributed by atoms with Gasteiger partial charge >= 0.3 is 5.97 Å². The van der Waals surface area contributed by atoms with Crippen LogP contribution in [0, 0.1) is 0 Å². The Kier molecular flexibility index (Phi) is 1.43. The quantitative estimate of drug-likeness (QED) is 0.507. The van der Waals surface area contributed by atoms with Crippen molar-refractivity contribution in [2.24, 2.45) is 0 Å². The highest BCUT2D eigenvalue weighted by atomic mass is 16.5. The van der Waals surface area contributed by atoms with E-state index in [1.54, 1.807) is 0 Å². The molecule has 1 heterocycles. The number of allylic oxidation sites excluding steroid dienone is 2. The first-order valence-corrected chi connectivity index (χ1v) is 3.97. The van der Waals surface area contributed by atoms with E-state index >= 15 is 0 Å². The molecule has 0 spiro atoms. The lowest BCUT2D eigenvalue weighted by molar-refractivity contribution is -0.138. The summed E-state index contributed by atoms with van der Waals surface area (Å²) in [4.78, 5) is 11.1. The maximum atomic E-state index is 11.1. The van der Waals surface area contributed by atoms with E-state index in [1.165, 1.54) is 0 Å². The number of hydrogen-bond acceptors (Lipinski definition) is 2. The van der Waals surface area contributed by atoms with E-state index in [0.29, 0.717) is 0 Å². The molecule has 0 N–H and O–H groups in total. The smallest absolute Gasteiger partial charge is 0.335 e. The molecule has 1 unspecified atom stereocenters. The van der Waals surface area contributed by atoms with Crippen molar-refractivity contribution in [3.63, 3.8) is 0 Å². The molecule has 2 aliphatic rings. The van der Waals surface area contributed by atoms with Crippen molar-refractivity contribution in [2.75, 3.05) is 0 Å². The van der Waals surface area contributed by atoms with Gasteiger partial charge in [-0.2, -0.15) is 0 Å². The number of carbonyl (C=O) groups excluding carboxylic acids is 1. The fourth-order valence-corrected chi connectivity index (χ4v) is 1.63. The van der Waals surface area contributed by atoms with Gasteiger partial charge in [-0.25, -0.2) is 4.79 Å². The summed E-state index contributed by atoms with van der Waals surface area (Å²) in [5.74, 6) is -0.186. The standard InChI is InChI=1S/C10H10O2/c1-6-4-3-5-8-9(6)7(2)10(11)12-8/h3-5,8H,1-2H3. The van der Waals surface area contributed by atoms with Gasteiger partial charge in [0.05, 0.1) is 0 Å². The van der Waals surface area contributed by atoms with E-state index in [1.807, 2.05) is 32.1 Å². The molecular formula is C10H10O2. The molecule has 1 aliphatic carbocycles. The van der Waals surface area contributed by atoms with Gasteiger partial charge in [0.1, 0.15) is 6.10 Å². The van der Waals surface area contributed by atoms with Gasteiger partial charge in [-0.05, 0) is 25.5 Å². The van der Waals surface area contributed by atoms with E-state index in [-0.39, 0.29) is 12.1 Å². The molecule has 0 fully saturated rings. The Bertz CT molecular complexity index is 332. The molecule has 12 heavy (non-hydrogen) atoms. The van der Waals surface area contributed by atoms with Gasteiger partial charge in [0.15, 0.2) is 0 Å². The van der Waals surface area contributed by atoms with Gasteiger partial charge < -0.3 is 4.74 Å². The third-order valence-electron chi connectivity index (χ3n) is 2.29. The minimum absolute atomic E-state index is 0.123. The third-order valence-corrected chi connectivity index (χ3v) is 2.29. The van der Waals surface area contributed by atoms with Crippen LogP contribution in [0.1, 0.15) is 13.8 Å². The van der Waals surface area contributed by atoms with Crippen molar-refractivity contribution in [1.82, 2.24) is 0 Å². The van der Waals surface area contributed by atoms with Crippen LogP contribution in [0.15, 0.2) is 34.9 Å². The molecule has 0 aromatic heterocycles. The molecule has 2 rings (SSSR count). The van der Waals surface area contributed by atoms with Crippen LogP contribution in [0.3, 0.4) is 0 Å². The monoisotopic (exact) mass is 162 g/mol. The molecule has 0 saturated carbocycles. The molecule has 0 saturated heterocycles. The number of hydrogen-bond donors (Lipinski definition) is 0. The van der Waals surface area contributed by atoms with Crippen LogP contribution in [-0.4, -0.2) is 12.1 Å². The first-order valence-electron chi connectivity index (χ1n) is 3.97. The molecule has 2 nitrogen and oxygen atoms in total.